The van der Waals surface area contributed by atoms with Crippen LogP contribution in [-0.2, 0) is 0 Å². The highest BCUT2D eigenvalue weighted by Crippen LogP contribution is 2.25. The third-order valence-corrected chi connectivity index (χ3v) is 3.04. The second-order valence-corrected chi connectivity index (χ2v) is 4.30. The molecule has 2 aliphatic rings. The second kappa shape index (κ2) is 3.23. The van der Waals surface area contributed by atoms with Gasteiger partial charge in [0.25, 0.3) is 0 Å². The van der Waals surface area contributed by atoms with Gasteiger partial charge in [0, 0.05) is 19.2 Å². The van der Waals surface area contributed by atoms with Crippen LogP contribution in [-0.4, -0.2) is 39.5 Å². The molecule has 0 N–H and O–H groups in total. The number of fused-ring (bicyclic) bond motifs is 1. The van der Waals surface area contributed by atoms with E-state index in [0.717, 1.165) is 13.1 Å². The van der Waals surface area contributed by atoms with Gasteiger partial charge in [-0.1, -0.05) is 0 Å². The zero-order valence-electron chi connectivity index (χ0n) is 9.65. The molecular formula is C12H11N3O2. The van der Waals surface area contributed by atoms with Crippen molar-refractivity contribution in [3.8, 4) is 0 Å². The second-order valence-electron chi connectivity index (χ2n) is 4.30. The summed E-state index contributed by atoms with van der Waals surface area (Å²) in [6.07, 6.45) is 1.38. The van der Waals surface area contributed by atoms with E-state index in [9.17, 15) is 9.59 Å². The minimum Gasteiger partial charge on any atom is -0.365 e. The van der Waals surface area contributed by atoms with E-state index in [1.165, 1.54) is 6.08 Å². The van der Waals surface area contributed by atoms with Crippen LogP contribution < -0.4 is 0 Å². The number of allylic oxidation sites excluding steroid dienone is 2. The zero-order chi connectivity index (χ0) is 12.2. The van der Waals surface area contributed by atoms with Gasteiger partial charge in [0.2, 0.25) is 11.6 Å². The van der Waals surface area contributed by atoms with Gasteiger partial charge >= 0.3 is 0 Å². The standard InChI is InChI=1S/C12H11N3O2/c1-6-7(2)14-11-10(13-6)9(16)5-8(12(11)17)15-3-4-15/h5H,3-4H2,1-2H3. The lowest BCUT2D eigenvalue weighted by atomic mass is 10.0. The summed E-state index contributed by atoms with van der Waals surface area (Å²) < 4.78 is 0. The van der Waals surface area contributed by atoms with Crippen LogP contribution in [0, 0.1) is 13.8 Å². The number of rotatable bonds is 1. The van der Waals surface area contributed by atoms with Gasteiger partial charge < -0.3 is 4.90 Å². The summed E-state index contributed by atoms with van der Waals surface area (Å²) in [6.45, 7) is 5.23. The first-order chi connectivity index (χ1) is 8.08. The van der Waals surface area contributed by atoms with E-state index < -0.39 is 0 Å². The van der Waals surface area contributed by atoms with E-state index in [1.807, 2.05) is 4.90 Å². The lowest BCUT2D eigenvalue weighted by Crippen LogP contribution is -2.24. The molecule has 2 heterocycles. The minimum absolute atomic E-state index is 0.184. The summed E-state index contributed by atoms with van der Waals surface area (Å²) in [5.41, 5.74) is 2.22. The Morgan fingerprint density at radius 2 is 1.65 bits per heavy atom. The van der Waals surface area contributed by atoms with Crippen LogP contribution in [0.2, 0.25) is 0 Å². The Bertz CT molecular complexity index is 586. The Kier molecular flexibility index (Phi) is 1.92. The number of hydrogen-bond acceptors (Lipinski definition) is 5. The average molecular weight is 229 g/mol. The molecule has 0 spiro atoms. The van der Waals surface area contributed by atoms with Crippen molar-refractivity contribution in [2.75, 3.05) is 13.1 Å². The molecule has 1 fully saturated rings. The number of aryl methyl sites for hydroxylation is 2. The molecule has 1 aliphatic heterocycles. The molecule has 5 nitrogen and oxygen atoms in total. The minimum atomic E-state index is -0.225. The first-order valence-corrected chi connectivity index (χ1v) is 5.49. The maximum Gasteiger partial charge on any atom is 0.229 e. The number of carbonyl (C=O) groups excluding carboxylic acids is 2. The molecule has 0 bridgehead atoms. The Labute approximate surface area is 98.2 Å². The molecule has 1 aliphatic carbocycles. The normalized spacial score (nSPS) is 18.0. The van der Waals surface area contributed by atoms with Crippen LogP contribution >= 0.6 is 0 Å². The molecule has 0 unspecified atom stereocenters. The number of aromatic nitrogens is 2. The SMILES string of the molecule is Cc1nc2c(nc1C)C(=O)C(N1CC1)=CC2=O. The molecule has 0 saturated carbocycles. The predicted octanol–water partition coefficient (Wildman–Crippen LogP) is 0.672. The summed E-state index contributed by atoms with van der Waals surface area (Å²) in [4.78, 5) is 34.3. The highest BCUT2D eigenvalue weighted by Gasteiger charge is 2.35. The van der Waals surface area contributed by atoms with Crippen molar-refractivity contribution >= 4 is 11.6 Å². The van der Waals surface area contributed by atoms with Crippen molar-refractivity contribution in [1.29, 1.82) is 0 Å². The molecule has 1 aromatic heterocycles. The van der Waals surface area contributed by atoms with E-state index in [-0.39, 0.29) is 23.0 Å². The van der Waals surface area contributed by atoms with Gasteiger partial charge in [0.05, 0.1) is 17.1 Å². The van der Waals surface area contributed by atoms with E-state index in [1.54, 1.807) is 13.8 Å². The number of nitrogens with zero attached hydrogens (tertiary/aromatic N) is 3. The molecule has 3 rings (SSSR count). The van der Waals surface area contributed by atoms with Crippen molar-refractivity contribution in [2.24, 2.45) is 0 Å². The van der Waals surface area contributed by atoms with Crippen molar-refractivity contribution < 1.29 is 9.59 Å². The third kappa shape index (κ3) is 1.46. The molecule has 1 saturated heterocycles. The van der Waals surface area contributed by atoms with Crippen molar-refractivity contribution in [1.82, 2.24) is 14.9 Å². The van der Waals surface area contributed by atoms with Crippen molar-refractivity contribution in [3.63, 3.8) is 0 Å². The monoisotopic (exact) mass is 229 g/mol. The average Bonchev–Trinajstić information content (AvgIpc) is 3.10. The first kappa shape index (κ1) is 10.1. The zero-order valence-corrected chi connectivity index (χ0v) is 9.65. The van der Waals surface area contributed by atoms with Crippen LogP contribution in [0.25, 0.3) is 0 Å². The molecule has 0 aromatic carbocycles. The van der Waals surface area contributed by atoms with Crippen molar-refractivity contribution in [3.05, 3.63) is 34.5 Å². The van der Waals surface area contributed by atoms with Gasteiger partial charge in [-0.2, -0.15) is 0 Å². The predicted molar refractivity (Wildman–Crippen MR) is 59.8 cm³/mol. The molecule has 17 heavy (non-hydrogen) atoms. The highest BCUT2D eigenvalue weighted by atomic mass is 16.1. The Morgan fingerprint density at radius 3 is 2.24 bits per heavy atom. The molecule has 0 radical (unpaired) electrons. The van der Waals surface area contributed by atoms with Crippen LogP contribution in [0.5, 0.6) is 0 Å². The Morgan fingerprint density at radius 1 is 1.06 bits per heavy atom. The van der Waals surface area contributed by atoms with Crippen LogP contribution in [0.1, 0.15) is 32.4 Å². The molecule has 5 heteroatoms. The summed E-state index contributed by atoms with van der Waals surface area (Å²) in [5.74, 6) is -0.412. The summed E-state index contributed by atoms with van der Waals surface area (Å²) in [7, 11) is 0. The van der Waals surface area contributed by atoms with Crippen molar-refractivity contribution in [2.45, 2.75) is 13.8 Å². The van der Waals surface area contributed by atoms with Crippen LogP contribution in [0.15, 0.2) is 11.8 Å². The number of hydrogen-bond donors (Lipinski definition) is 0. The quantitative estimate of drug-likeness (QED) is 0.662. The Balaban J connectivity index is 2.17. The smallest absolute Gasteiger partial charge is 0.229 e. The van der Waals surface area contributed by atoms with Gasteiger partial charge in [-0.15, -0.1) is 0 Å². The molecular weight excluding hydrogens is 218 g/mol. The third-order valence-electron chi connectivity index (χ3n) is 3.04. The van der Waals surface area contributed by atoms with Gasteiger partial charge in [0.15, 0.2) is 0 Å². The largest absolute Gasteiger partial charge is 0.365 e. The maximum atomic E-state index is 12.1. The van der Waals surface area contributed by atoms with Crippen LogP contribution in [0.4, 0.5) is 0 Å². The maximum absolute atomic E-state index is 12.1. The van der Waals surface area contributed by atoms with Gasteiger partial charge in [-0.05, 0) is 13.8 Å². The fraction of sp³-hybridized carbons (Fsp3) is 0.333. The summed E-state index contributed by atoms with van der Waals surface area (Å²) in [5, 5.41) is 0. The summed E-state index contributed by atoms with van der Waals surface area (Å²) in [6, 6.07) is 0. The lowest BCUT2D eigenvalue weighted by Gasteiger charge is -2.15. The lowest BCUT2D eigenvalue weighted by molar-refractivity contribution is 0.0962. The molecule has 1 aromatic rings. The molecule has 86 valence electrons. The summed E-state index contributed by atoms with van der Waals surface area (Å²) >= 11 is 0. The van der Waals surface area contributed by atoms with E-state index in [2.05, 4.69) is 9.97 Å². The fourth-order valence-electron chi connectivity index (χ4n) is 1.84. The topological polar surface area (TPSA) is 62.9 Å². The van der Waals surface area contributed by atoms with Gasteiger partial charge in [-0.25, -0.2) is 9.97 Å². The highest BCUT2D eigenvalue weighted by molar-refractivity contribution is 6.22. The number of Topliss-reactive ketones (excluding diaryl/α,β-unsaturated/α-hetero) is 1. The Hall–Kier alpha value is -2.04. The first-order valence-electron chi connectivity index (χ1n) is 5.49. The van der Waals surface area contributed by atoms with Crippen LogP contribution in [0.3, 0.4) is 0 Å². The van der Waals surface area contributed by atoms with E-state index in [4.69, 9.17) is 0 Å². The fourth-order valence-corrected chi connectivity index (χ4v) is 1.84. The molecule has 0 atom stereocenters. The van der Waals surface area contributed by atoms with E-state index >= 15 is 0 Å². The molecule has 0 amide bonds. The number of ketones is 2. The van der Waals surface area contributed by atoms with Gasteiger partial charge in [-0.3, -0.25) is 9.59 Å². The van der Waals surface area contributed by atoms with E-state index in [0.29, 0.717) is 17.1 Å². The van der Waals surface area contributed by atoms with Gasteiger partial charge in [0.1, 0.15) is 11.4 Å². The number of carbonyl (C=O) groups is 2.